The van der Waals surface area contributed by atoms with E-state index in [4.69, 9.17) is 9.47 Å². The zero-order chi connectivity index (χ0) is 22.8. The Hall–Kier alpha value is -3.89. The number of thiazole rings is 1. The van der Waals surface area contributed by atoms with Crippen LogP contribution < -0.4 is 19.5 Å². The molecule has 0 bridgehead atoms. The van der Waals surface area contributed by atoms with Crippen LogP contribution in [0.1, 0.15) is 10.4 Å². The number of hydrogen-bond donors (Lipinski definition) is 2. The molecule has 3 aromatic carbocycles. The maximum Gasteiger partial charge on any atom is 0.261 e. The fourth-order valence-corrected chi connectivity index (χ4v) is 4.99. The van der Waals surface area contributed by atoms with Gasteiger partial charge in [-0.3, -0.25) is 14.8 Å². The number of nitrogens with one attached hydrogen (secondary N) is 2. The molecular formula is C23H17N3O5S2. The van der Waals surface area contributed by atoms with Crippen LogP contribution in [0.4, 0.5) is 10.8 Å². The van der Waals surface area contributed by atoms with E-state index in [2.05, 4.69) is 15.0 Å². The van der Waals surface area contributed by atoms with Gasteiger partial charge in [-0.15, -0.1) is 11.3 Å². The summed E-state index contributed by atoms with van der Waals surface area (Å²) in [5, 5.41) is 5.06. The number of fused-ring (bicyclic) bond motifs is 1. The molecule has 8 nitrogen and oxygen atoms in total. The summed E-state index contributed by atoms with van der Waals surface area (Å²) in [6.45, 7) is 0.198. The van der Waals surface area contributed by atoms with E-state index in [0.29, 0.717) is 33.6 Å². The Morgan fingerprint density at radius 3 is 2.48 bits per heavy atom. The highest BCUT2D eigenvalue weighted by molar-refractivity contribution is 7.92. The lowest BCUT2D eigenvalue weighted by atomic mass is 10.1. The number of carbonyl (C=O) groups is 1. The molecule has 0 saturated heterocycles. The molecule has 2 N–H and O–H groups in total. The van der Waals surface area contributed by atoms with Crippen molar-refractivity contribution in [3.05, 3.63) is 83.7 Å². The first kappa shape index (κ1) is 21.0. The summed E-state index contributed by atoms with van der Waals surface area (Å²) in [5.41, 5.74) is 2.29. The average Bonchev–Trinajstić information content (AvgIpc) is 3.49. The van der Waals surface area contributed by atoms with Crippen LogP contribution in [0.25, 0.3) is 11.3 Å². The number of aromatic nitrogens is 1. The van der Waals surface area contributed by atoms with Gasteiger partial charge in [-0.2, -0.15) is 0 Å². The maximum absolute atomic E-state index is 12.6. The number of anilines is 2. The average molecular weight is 480 g/mol. The molecule has 1 amide bonds. The number of ether oxygens (including phenoxy) is 2. The summed E-state index contributed by atoms with van der Waals surface area (Å²) in [6.07, 6.45) is 0. The molecule has 0 saturated carbocycles. The van der Waals surface area contributed by atoms with E-state index < -0.39 is 10.0 Å². The van der Waals surface area contributed by atoms with Crippen LogP contribution in [-0.4, -0.2) is 26.1 Å². The van der Waals surface area contributed by atoms with Gasteiger partial charge in [-0.25, -0.2) is 13.4 Å². The molecule has 166 valence electrons. The van der Waals surface area contributed by atoms with E-state index in [1.807, 2.05) is 23.6 Å². The van der Waals surface area contributed by atoms with Crippen molar-refractivity contribution >= 4 is 38.1 Å². The lowest BCUT2D eigenvalue weighted by Gasteiger charge is -2.08. The van der Waals surface area contributed by atoms with E-state index in [1.165, 1.54) is 35.6 Å². The zero-order valence-corrected chi connectivity index (χ0v) is 18.7. The number of nitrogens with zero attached hydrogens (tertiary/aromatic N) is 1. The van der Waals surface area contributed by atoms with E-state index >= 15 is 0 Å². The van der Waals surface area contributed by atoms with Crippen LogP contribution in [0.5, 0.6) is 11.5 Å². The van der Waals surface area contributed by atoms with Crippen molar-refractivity contribution in [3.8, 4) is 22.8 Å². The summed E-state index contributed by atoms with van der Waals surface area (Å²) < 4.78 is 38.1. The second kappa shape index (κ2) is 8.57. The largest absolute Gasteiger partial charge is 0.454 e. The molecule has 0 fully saturated rings. The van der Waals surface area contributed by atoms with Gasteiger partial charge >= 0.3 is 0 Å². The number of sulfonamides is 1. The summed E-state index contributed by atoms with van der Waals surface area (Å²) in [6, 6.07) is 19.8. The molecule has 0 spiro atoms. The highest BCUT2D eigenvalue weighted by Crippen LogP contribution is 2.36. The second-order valence-corrected chi connectivity index (χ2v) is 9.60. The minimum absolute atomic E-state index is 0.161. The van der Waals surface area contributed by atoms with Crippen LogP contribution in [0.15, 0.2) is 83.1 Å². The molecule has 1 aromatic heterocycles. The van der Waals surface area contributed by atoms with Crippen LogP contribution >= 0.6 is 11.3 Å². The first-order valence-electron chi connectivity index (χ1n) is 9.83. The van der Waals surface area contributed by atoms with Crippen molar-refractivity contribution in [1.29, 1.82) is 0 Å². The van der Waals surface area contributed by atoms with Crippen LogP contribution in [0.3, 0.4) is 0 Å². The molecule has 0 unspecified atom stereocenters. The molecule has 1 aliphatic rings. The Morgan fingerprint density at radius 1 is 0.939 bits per heavy atom. The molecular weight excluding hydrogens is 462 g/mol. The number of amides is 1. The highest BCUT2D eigenvalue weighted by atomic mass is 32.2. The van der Waals surface area contributed by atoms with Crippen LogP contribution in [-0.2, 0) is 10.0 Å². The van der Waals surface area contributed by atoms with Gasteiger partial charge in [0.25, 0.3) is 15.9 Å². The minimum atomic E-state index is -3.70. The van der Waals surface area contributed by atoms with Crippen molar-refractivity contribution in [3.63, 3.8) is 0 Å². The lowest BCUT2D eigenvalue weighted by Crippen LogP contribution is -2.14. The third kappa shape index (κ3) is 4.52. The number of rotatable bonds is 6. The topological polar surface area (TPSA) is 107 Å². The van der Waals surface area contributed by atoms with Crippen LogP contribution in [0, 0.1) is 0 Å². The molecule has 5 rings (SSSR count). The summed E-state index contributed by atoms with van der Waals surface area (Å²) >= 11 is 1.30. The molecule has 1 aliphatic heterocycles. The Bertz CT molecular complexity index is 1420. The zero-order valence-electron chi connectivity index (χ0n) is 17.0. The smallest absolute Gasteiger partial charge is 0.261 e. The third-order valence-corrected chi connectivity index (χ3v) is 7.00. The van der Waals surface area contributed by atoms with Gasteiger partial charge in [0.05, 0.1) is 10.6 Å². The Kier molecular flexibility index (Phi) is 5.45. The Morgan fingerprint density at radius 2 is 1.70 bits per heavy atom. The van der Waals surface area contributed by atoms with Gasteiger partial charge in [0.1, 0.15) is 0 Å². The maximum atomic E-state index is 12.6. The first-order valence-corrected chi connectivity index (χ1v) is 12.2. The quantitative estimate of drug-likeness (QED) is 0.419. The van der Waals surface area contributed by atoms with Crippen molar-refractivity contribution in [2.24, 2.45) is 0 Å². The monoisotopic (exact) mass is 479 g/mol. The van der Waals surface area contributed by atoms with E-state index in [0.717, 1.165) is 5.56 Å². The van der Waals surface area contributed by atoms with Gasteiger partial charge in [0.2, 0.25) is 6.79 Å². The summed E-state index contributed by atoms with van der Waals surface area (Å²) in [4.78, 5) is 17.2. The lowest BCUT2D eigenvalue weighted by molar-refractivity contribution is 0.102. The van der Waals surface area contributed by atoms with E-state index in [1.54, 1.807) is 30.3 Å². The standard InChI is InChI=1S/C23H17N3O5S2/c27-22(15-6-9-17(10-7-15)26-33(28,29)18-4-2-1-3-5-18)25-23-24-19(13-32-23)16-8-11-20-21(12-16)31-14-30-20/h1-13,26H,14H2,(H,24,25,27). The number of hydrogen-bond acceptors (Lipinski definition) is 7. The van der Waals surface area contributed by atoms with Gasteiger partial charge in [0.15, 0.2) is 16.6 Å². The third-order valence-electron chi connectivity index (χ3n) is 4.85. The molecule has 2 heterocycles. The molecule has 4 aromatic rings. The van der Waals surface area contributed by atoms with Gasteiger partial charge < -0.3 is 9.47 Å². The minimum Gasteiger partial charge on any atom is -0.454 e. The van der Waals surface area contributed by atoms with Gasteiger partial charge in [0, 0.05) is 22.2 Å². The van der Waals surface area contributed by atoms with E-state index in [9.17, 15) is 13.2 Å². The molecule has 10 heteroatoms. The molecule has 0 aliphatic carbocycles. The normalized spacial score (nSPS) is 12.4. The van der Waals surface area contributed by atoms with Gasteiger partial charge in [-0.05, 0) is 54.6 Å². The van der Waals surface area contributed by atoms with Crippen molar-refractivity contribution in [2.45, 2.75) is 4.90 Å². The second-order valence-electron chi connectivity index (χ2n) is 7.06. The summed E-state index contributed by atoms with van der Waals surface area (Å²) in [5.74, 6) is 1.00. The molecule has 0 radical (unpaired) electrons. The predicted molar refractivity (Wildman–Crippen MR) is 125 cm³/mol. The first-order chi connectivity index (χ1) is 16.0. The van der Waals surface area contributed by atoms with Crippen LogP contribution in [0.2, 0.25) is 0 Å². The Labute approximate surface area is 193 Å². The highest BCUT2D eigenvalue weighted by Gasteiger charge is 2.17. The fraction of sp³-hybridized carbons (Fsp3) is 0.0435. The molecule has 0 atom stereocenters. The number of benzene rings is 3. The van der Waals surface area contributed by atoms with E-state index in [-0.39, 0.29) is 17.6 Å². The van der Waals surface area contributed by atoms with Crippen molar-refractivity contribution < 1.29 is 22.7 Å². The van der Waals surface area contributed by atoms with Crippen molar-refractivity contribution in [2.75, 3.05) is 16.8 Å². The SMILES string of the molecule is O=C(Nc1nc(-c2ccc3c(c2)OCO3)cs1)c1ccc(NS(=O)(=O)c2ccccc2)cc1. The fourth-order valence-electron chi connectivity index (χ4n) is 3.19. The van der Waals surface area contributed by atoms with Gasteiger partial charge in [-0.1, -0.05) is 18.2 Å². The predicted octanol–water partition coefficient (Wildman–Crippen LogP) is 4.59. The molecule has 33 heavy (non-hydrogen) atoms. The number of carbonyl (C=O) groups excluding carboxylic acids is 1. The van der Waals surface area contributed by atoms with Crippen molar-refractivity contribution in [1.82, 2.24) is 4.98 Å². The Balaban J connectivity index is 1.25. The summed E-state index contributed by atoms with van der Waals surface area (Å²) in [7, 11) is -3.70.